The Hall–Kier alpha value is -2.69. The number of nitro benzene ring substituents is 1. The lowest BCUT2D eigenvalue weighted by Gasteiger charge is -2.14. The lowest BCUT2D eigenvalue weighted by atomic mass is 10.2. The summed E-state index contributed by atoms with van der Waals surface area (Å²) in [5, 5.41) is 14.1. The molecule has 0 saturated carbocycles. The molecule has 2 aromatic rings. The number of carbonyl (C=O) groups is 2. The van der Waals surface area contributed by atoms with Gasteiger partial charge >= 0.3 is 5.97 Å². The third-order valence-corrected chi connectivity index (χ3v) is 5.32. The second-order valence-electron chi connectivity index (χ2n) is 5.87. The summed E-state index contributed by atoms with van der Waals surface area (Å²) in [6, 6.07) is 7.15. The van der Waals surface area contributed by atoms with E-state index in [9.17, 15) is 28.1 Å². The number of anilines is 1. The van der Waals surface area contributed by atoms with Crippen molar-refractivity contribution in [2.75, 3.05) is 11.6 Å². The predicted octanol–water partition coefficient (Wildman–Crippen LogP) is 3.49. The van der Waals surface area contributed by atoms with E-state index in [0.29, 0.717) is 5.02 Å². The van der Waals surface area contributed by atoms with Crippen LogP contribution in [0.1, 0.15) is 17.3 Å². The number of sulfone groups is 1. The Morgan fingerprint density at radius 3 is 2.38 bits per heavy atom. The van der Waals surface area contributed by atoms with Crippen molar-refractivity contribution < 1.29 is 27.7 Å². The molecule has 0 radical (unpaired) electrons. The van der Waals surface area contributed by atoms with Crippen molar-refractivity contribution >= 4 is 56.3 Å². The molecule has 0 aromatic heterocycles. The fraction of sp³-hybridized carbons (Fsp3) is 0.176. The van der Waals surface area contributed by atoms with Crippen LogP contribution in [-0.2, 0) is 19.4 Å². The first-order chi connectivity index (χ1) is 13.4. The molecule has 0 saturated heterocycles. The number of halogens is 2. The monoisotopic (exact) mass is 460 g/mol. The van der Waals surface area contributed by atoms with Crippen LogP contribution in [0.5, 0.6) is 0 Å². The maximum absolute atomic E-state index is 12.2. The van der Waals surface area contributed by atoms with E-state index in [1.807, 2.05) is 0 Å². The molecule has 1 N–H and O–H groups in total. The van der Waals surface area contributed by atoms with E-state index in [0.717, 1.165) is 24.5 Å². The smallest absolute Gasteiger partial charge is 0.339 e. The highest BCUT2D eigenvalue weighted by atomic mass is 35.5. The molecular weight excluding hydrogens is 447 g/mol. The number of ether oxygens (including phenoxy) is 1. The fourth-order valence-corrected chi connectivity index (χ4v) is 3.49. The van der Waals surface area contributed by atoms with Crippen LogP contribution in [0.4, 0.5) is 11.4 Å². The van der Waals surface area contributed by atoms with Crippen molar-refractivity contribution in [1.29, 1.82) is 0 Å². The Balaban J connectivity index is 2.17. The van der Waals surface area contributed by atoms with Crippen LogP contribution in [0.2, 0.25) is 10.0 Å². The first kappa shape index (κ1) is 22.6. The molecule has 0 unspecified atom stereocenters. The Morgan fingerprint density at radius 2 is 1.83 bits per heavy atom. The molecule has 154 valence electrons. The highest BCUT2D eigenvalue weighted by Gasteiger charge is 2.26. The van der Waals surface area contributed by atoms with E-state index >= 15 is 0 Å². The normalized spacial score (nSPS) is 12.1. The van der Waals surface area contributed by atoms with Crippen LogP contribution < -0.4 is 5.32 Å². The summed E-state index contributed by atoms with van der Waals surface area (Å²) in [6.45, 7) is 1.29. The van der Waals surface area contributed by atoms with Crippen LogP contribution in [0, 0.1) is 10.1 Å². The van der Waals surface area contributed by atoms with Crippen LogP contribution in [0.25, 0.3) is 0 Å². The van der Waals surface area contributed by atoms with Crippen LogP contribution >= 0.6 is 23.2 Å². The quantitative estimate of drug-likeness (QED) is 0.396. The largest absolute Gasteiger partial charge is 0.449 e. The zero-order valence-electron chi connectivity index (χ0n) is 15.0. The topological polar surface area (TPSA) is 133 Å². The average Bonchev–Trinajstić information content (AvgIpc) is 2.62. The van der Waals surface area contributed by atoms with Gasteiger partial charge in [0.2, 0.25) is 0 Å². The molecule has 0 fully saturated rings. The van der Waals surface area contributed by atoms with Gasteiger partial charge in [0, 0.05) is 17.3 Å². The summed E-state index contributed by atoms with van der Waals surface area (Å²) < 4.78 is 28.3. The van der Waals surface area contributed by atoms with Gasteiger partial charge in [-0.15, -0.1) is 0 Å². The van der Waals surface area contributed by atoms with Crippen molar-refractivity contribution in [3.63, 3.8) is 0 Å². The highest BCUT2D eigenvalue weighted by molar-refractivity contribution is 7.90. The van der Waals surface area contributed by atoms with Crippen molar-refractivity contribution in [3.05, 3.63) is 62.1 Å². The summed E-state index contributed by atoms with van der Waals surface area (Å²) in [6.07, 6.45) is -0.468. The summed E-state index contributed by atoms with van der Waals surface area (Å²) in [5.41, 5.74) is -0.808. The van der Waals surface area contributed by atoms with Crippen molar-refractivity contribution in [2.24, 2.45) is 0 Å². The second-order valence-corrected chi connectivity index (χ2v) is 8.70. The number of nitrogens with zero attached hydrogens (tertiary/aromatic N) is 1. The number of amides is 1. The van der Waals surface area contributed by atoms with Crippen molar-refractivity contribution in [2.45, 2.75) is 17.9 Å². The summed E-state index contributed by atoms with van der Waals surface area (Å²) in [4.78, 5) is 34.1. The zero-order valence-corrected chi connectivity index (χ0v) is 17.3. The third kappa shape index (κ3) is 5.66. The molecule has 0 spiro atoms. The standard InChI is InChI=1S/C17H14Cl2N2O7S/c1-9(16(22)20-13-5-4-11(18)8-12(13)19)28-17(23)10-3-6-15(29(2,26)27)14(7-10)21(24)25/h3-9H,1-2H3,(H,20,22)/t9-/m0/s1. The lowest BCUT2D eigenvalue weighted by Crippen LogP contribution is -2.30. The molecule has 12 heteroatoms. The molecule has 0 bridgehead atoms. The van der Waals surface area contributed by atoms with Crippen molar-refractivity contribution in [3.8, 4) is 0 Å². The maximum Gasteiger partial charge on any atom is 0.339 e. The maximum atomic E-state index is 12.2. The van der Waals surface area contributed by atoms with Crippen LogP contribution in [0.15, 0.2) is 41.3 Å². The van der Waals surface area contributed by atoms with Crippen LogP contribution in [-0.4, -0.2) is 37.6 Å². The highest BCUT2D eigenvalue weighted by Crippen LogP contribution is 2.27. The van der Waals surface area contributed by atoms with Gasteiger partial charge in [0.05, 0.1) is 21.2 Å². The number of nitrogens with one attached hydrogen (secondary N) is 1. The summed E-state index contributed by atoms with van der Waals surface area (Å²) in [5.74, 6) is -1.75. The molecule has 9 nitrogen and oxygen atoms in total. The molecule has 0 aliphatic rings. The molecule has 0 heterocycles. The molecule has 0 aliphatic carbocycles. The van der Waals surface area contributed by atoms with Gasteiger partial charge in [-0.25, -0.2) is 13.2 Å². The first-order valence-electron chi connectivity index (χ1n) is 7.85. The number of esters is 1. The van der Waals surface area contributed by atoms with E-state index in [2.05, 4.69) is 5.32 Å². The second kappa shape index (κ2) is 8.76. The predicted molar refractivity (Wildman–Crippen MR) is 106 cm³/mol. The molecular formula is C17H14Cl2N2O7S. The van der Waals surface area contributed by atoms with Gasteiger partial charge in [-0.1, -0.05) is 23.2 Å². The zero-order chi connectivity index (χ0) is 21.9. The molecule has 1 atom stereocenters. The number of nitro groups is 1. The third-order valence-electron chi connectivity index (χ3n) is 3.63. The van der Waals surface area contributed by atoms with E-state index in [-0.39, 0.29) is 16.3 Å². The van der Waals surface area contributed by atoms with Gasteiger partial charge in [-0.3, -0.25) is 14.9 Å². The number of rotatable bonds is 6. The number of benzene rings is 2. The minimum Gasteiger partial charge on any atom is -0.449 e. The number of hydrogen-bond donors (Lipinski definition) is 1. The molecule has 2 aromatic carbocycles. The SMILES string of the molecule is C[C@H](OC(=O)c1ccc(S(C)(=O)=O)c([N+](=O)[O-])c1)C(=O)Nc1ccc(Cl)cc1Cl. The summed E-state index contributed by atoms with van der Waals surface area (Å²) >= 11 is 11.7. The average molecular weight is 461 g/mol. The Labute approximate surface area is 175 Å². The molecule has 29 heavy (non-hydrogen) atoms. The Morgan fingerprint density at radius 1 is 1.17 bits per heavy atom. The van der Waals surface area contributed by atoms with Crippen LogP contribution in [0.3, 0.4) is 0 Å². The van der Waals surface area contributed by atoms with E-state index in [1.165, 1.54) is 25.1 Å². The summed E-state index contributed by atoms with van der Waals surface area (Å²) in [7, 11) is -3.88. The van der Waals surface area contributed by atoms with Crippen molar-refractivity contribution in [1.82, 2.24) is 0 Å². The van der Waals surface area contributed by atoms with Gasteiger partial charge in [-0.05, 0) is 37.3 Å². The Kier molecular flexibility index (Phi) is 6.83. The van der Waals surface area contributed by atoms with Gasteiger partial charge in [-0.2, -0.15) is 0 Å². The van der Waals surface area contributed by atoms with Gasteiger partial charge in [0.25, 0.3) is 11.6 Å². The van der Waals surface area contributed by atoms with E-state index in [4.69, 9.17) is 27.9 Å². The Bertz CT molecular complexity index is 1100. The fourth-order valence-electron chi connectivity index (χ4n) is 2.21. The first-order valence-corrected chi connectivity index (χ1v) is 10.5. The van der Waals surface area contributed by atoms with Gasteiger partial charge < -0.3 is 10.1 Å². The minimum absolute atomic E-state index is 0.177. The molecule has 0 aliphatic heterocycles. The van der Waals surface area contributed by atoms with E-state index in [1.54, 1.807) is 0 Å². The lowest BCUT2D eigenvalue weighted by molar-refractivity contribution is -0.387. The molecule has 1 amide bonds. The number of carbonyl (C=O) groups excluding carboxylic acids is 2. The molecule has 2 rings (SSSR count). The van der Waals surface area contributed by atoms with Gasteiger partial charge in [0.1, 0.15) is 4.90 Å². The van der Waals surface area contributed by atoms with E-state index < -0.39 is 43.3 Å². The minimum atomic E-state index is -3.88. The van der Waals surface area contributed by atoms with Gasteiger partial charge in [0.15, 0.2) is 15.9 Å². The number of hydrogen-bond acceptors (Lipinski definition) is 7.